The average Bonchev–Trinajstić information content (AvgIpc) is 2.77. The number of nitrogens with one attached hydrogen (secondary N) is 1. The summed E-state index contributed by atoms with van der Waals surface area (Å²) in [5.74, 6) is -0.785. The van der Waals surface area contributed by atoms with Crippen LogP contribution in [0, 0.1) is 5.92 Å². The van der Waals surface area contributed by atoms with Crippen molar-refractivity contribution in [3.8, 4) is 0 Å². The van der Waals surface area contributed by atoms with Crippen molar-refractivity contribution in [2.75, 3.05) is 0 Å². The standard InChI is InChI=1S/C12H18N2O2S/c1-4-12(8(2)3,11(13)16)14-10(15)9-5-6-17-7-9/h5-8H,4H2,1-3H3,(H2,13,16)(H,14,15)/t12-/m1/s1. The zero-order valence-corrected chi connectivity index (χ0v) is 11.1. The molecule has 0 aromatic carbocycles. The normalized spacial score (nSPS) is 14.4. The third-order valence-corrected chi connectivity index (χ3v) is 3.79. The van der Waals surface area contributed by atoms with Crippen molar-refractivity contribution < 1.29 is 9.59 Å². The molecule has 0 bridgehead atoms. The van der Waals surface area contributed by atoms with Gasteiger partial charge in [-0.1, -0.05) is 20.8 Å². The third kappa shape index (κ3) is 2.66. The van der Waals surface area contributed by atoms with Crippen LogP contribution in [0.2, 0.25) is 0 Å². The van der Waals surface area contributed by atoms with Crippen LogP contribution in [-0.4, -0.2) is 17.4 Å². The molecular weight excluding hydrogens is 236 g/mol. The number of amides is 2. The number of carbonyl (C=O) groups excluding carboxylic acids is 2. The van der Waals surface area contributed by atoms with E-state index in [0.29, 0.717) is 12.0 Å². The summed E-state index contributed by atoms with van der Waals surface area (Å²) in [6.45, 7) is 5.60. The highest BCUT2D eigenvalue weighted by molar-refractivity contribution is 7.08. The fraction of sp³-hybridized carbons (Fsp3) is 0.500. The number of thiophene rings is 1. The second-order valence-corrected chi connectivity index (χ2v) is 5.09. The van der Waals surface area contributed by atoms with E-state index in [1.165, 1.54) is 11.3 Å². The van der Waals surface area contributed by atoms with Crippen LogP contribution in [0.25, 0.3) is 0 Å². The third-order valence-electron chi connectivity index (χ3n) is 3.10. The van der Waals surface area contributed by atoms with E-state index in [9.17, 15) is 9.59 Å². The van der Waals surface area contributed by atoms with Crippen LogP contribution in [-0.2, 0) is 4.79 Å². The molecule has 0 aliphatic rings. The van der Waals surface area contributed by atoms with Crippen LogP contribution in [0.1, 0.15) is 37.6 Å². The summed E-state index contributed by atoms with van der Waals surface area (Å²) in [5.41, 5.74) is 5.03. The van der Waals surface area contributed by atoms with Gasteiger partial charge in [0.05, 0.1) is 5.56 Å². The summed E-state index contributed by atoms with van der Waals surface area (Å²) in [5, 5.41) is 6.34. The molecule has 94 valence electrons. The largest absolute Gasteiger partial charge is 0.368 e. The van der Waals surface area contributed by atoms with Crippen LogP contribution in [0.5, 0.6) is 0 Å². The first-order valence-electron chi connectivity index (χ1n) is 5.58. The molecule has 1 atom stereocenters. The van der Waals surface area contributed by atoms with Gasteiger partial charge in [-0.3, -0.25) is 9.59 Å². The van der Waals surface area contributed by atoms with Gasteiger partial charge in [0, 0.05) is 5.38 Å². The van der Waals surface area contributed by atoms with E-state index in [0.717, 1.165) is 0 Å². The zero-order valence-electron chi connectivity index (χ0n) is 10.3. The average molecular weight is 254 g/mol. The molecule has 0 aliphatic carbocycles. The van der Waals surface area contributed by atoms with Gasteiger partial charge >= 0.3 is 0 Å². The quantitative estimate of drug-likeness (QED) is 0.840. The second kappa shape index (κ2) is 5.31. The Morgan fingerprint density at radius 1 is 1.53 bits per heavy atom. The molecule has 5 heteroatoms. The van der Waals surface area contributed by atoms with Crippen molar-refractivity contribution in [1.82, 2.24) is 5.32 Å². The topological polar surface area (TPSA) is 72.2 Å². The van der Waals surface area contributed by atoms with Crippen LogP contribution in [0.15, 0.2) is 16.8 Å². The van der Waals surface area contributed by atoms with Crippen LogP contribution in [0.4, 0.5) is 0 Å². The Balaban J connectivity index is 2.95. The second-order valence-electron chi connectivity index (χ2n) is 4.31. The maximum atomic E-state index is 12.0. The van der Waals surface area contributed by atoms with E-state index >= 15 is 0 Å². The first-order chi connectivity index (χ1) is 7.94. The van der Waals surface area contributed by atoms with Crippen molar-refractivity contribution >= 4 is 23.2 Å². The molecule has 2 amide bonds. The van der Waals surface area contributed by atoms with Gasteiger partial charge in [-0.05, 0) is 23.8 Å². The Kier molecular flexibility index (Phi) is 4.28. The SMILES string of the molecule is CC[C@](NC(=O)c1ccsc1)(C(N)=O)C(C)C. The molecule has 1 rings (SSSR count). The predicted molar refractivity (Wildman–Crippen MR) is 68.8 cm³/mol. The molecule has 0 radical (unpaired) electrons. The Hall–Kier alpha value is -1.36. The number of carbonyl (C=O) groups is 2. The lowest BCUT2D eigenvalue weighted by Gasteiger charge is -2.34. The molecule has 0 fully saturated rings. The minimum Gasteiger partial charge on any atom is -0.368 e. The van der Waals surface area contributed by atoms with E-state index in [-0.39, 0.29) is 11.8 Å². The smallest absolute Gasteiger partial charge is 0.252 e. The molecule has 0 aliphatic heterocycles. The van der Waals surface area contributed by atoms with Crippen molar-refractivity contribution in [3.05, 3.63) is 22.4 Å². The molecule has 1 aromatic rings. The molecule has 0 saturated carbocycles. The maximum absolute atomic E-state index is 12.0. The lowest BCUT2D eigenvalue weighted by Crippen LogP contribution is -2.60. The summed E-state index contributed by atoms with van der Waals surface area (Å²) in [6, 6.07) is 1.72. The van der Waals surface area contributed by atoms with Gasteiger partial charge < -0.3 is 11.1 Å². The number of rotatable bonds is 5. The van der Waals surface area contributed by atoms with E-state index in [1.54, 1.807) is 11.4 Å². The Morgan fingerprint density at radius 2 is 2.18 bits per heavy atom. The fourth-order valence-corrected chi connectivity index (χ4v) is 2.47. The number of nitrogens with two attached hydrogens (primary N) is 1. The van der Waals surface area contributed by atoms with Crippen LogP contribution < -0.4 is 11.1 Å². The van der Waals surface area contributed by atoms with Crippen molar-refractivity contribution in [2.45, 2.75) is 32.7 Å². The zero-order chi connectivity index (χ0) is 13.1. The van der Waals surface area contributed by atoms with Crippen molar-refractivity contribution in [3.63, 3.8) is 0 Å². The first-order valence-corrected chi connectivity index (χ1v) is 6.53. The summed E-state index contributed by atoms with van der Waals surface area (Å²) < 4.78 is 0. The highest BCUT2D eigenvalue weighted by Gasteiger charge is 2.39. The molecule has 0 spiro atoms. The lowest BCUT2D eigenvalue weighted by atomic mass is 9.83. The Labute approximate surface area is 105 Å². The van der Waals surface area contributed by atoms with E-state index in [4.69, 9.17) is 5.73 Å². The number of hydrogen-bond acceptors (Lipinski definition) is 3. The first kappa shape index (κ1) is 13.7. The fourth-order valence-electron chi connectivity index (χ4n) is 1.83. The number of primary amides is 1. The molecule has 3 N–H and O–H groups in total. The summed E-state index contributed by atoms with van der Waals surface area (Å²) in [6.07, 6.45) is 0.482. The Bertz CT molecular complexity index is 401. The van der Waals surface area contributed by atoms with Gasteiger partial charge in [0.25, 0.3) is 5.91 Å². The van der Waals surface area contributed by atoms with E-state index in [2.05, 4.69) is 5.32 Å². The predicted octanol–water partition coefficient (Wildman–Crippen LogP) is 1.77. The van der Waals surface area contributed by atoms with Gasteiger partial charge in [0.2, 0.25) is 5.91 Å². The van der Waals surface area contributed by atoms with Crippen LogP contribution >= 0.6 is 11.3 Å². The molecule has 4 nitrogen and oxygen atoms in total. The van der Waals surface area contributed by atoms with Gasteiger partial charge in [-0.25, -0.2) is 0 Å². The van der Waals surface area contributed by atoms with Crippen molar-refractivity contribution in [1.29, 1.82) is 0 Å². The molecule has 0 saturated heterocycles. The Morgan fingerprint density at radius 3 is 2.53 bits per heavy atom. The minimum absolute atomic E-state index is 0.0485. The molecule has 1 aromatic heterocycles. The molecule has 0 unspecified atom stereocenters. The van der Waals surface area contributed by atoms with E-state index in [1.807, 2.05) is 26.2 Å². The summed E-state index contributed by atoms with van der Waals surface area (Å²) in [4.78, 5) is 23.6. The van der Waals surface area contributed by atoms with Gasteiger partial charge in [-0.2, -0.15) is 11.3 Å². The maximum Gasteiger partial charge on any atom is 0.252 e. The molecular formula is C12H18N2O2S. The van der Waals surface area contributed by atoms with Crippen LogP contribution in [0.3, 0.4) is 0 Å². The van der Waals surface area contributed by atoms with Gasteiger partial charge in [0.15, 0.2) is 0 Å². The minimum atomic E-state index is -0.973. The van der Waals surface area contributed by atoms with Crippen molar-refractivity contribution in [2.24, 2.45) is 11.7 Å². The molecule has 17 heavy (non-hydrogen) atoms. The lowest BCUT2D eigenvalue weighted by molar-refractivity contribution is -0.126. The van der Waals surface area contributed by atoms with E-state index < -0.39 is 11.4 Å². The molecule has 1 heterocycles. The van der Waals surface area contributed by atoms with Gasteiger partial charge in [0.1, 0.15) is 5.54 Å². The highest BCUT2D eigenvalue weighted by atomic mass is 32.1. The van der Waals surface area contributed by atoms with Gasteiger partial charge in [-0.15, -0.1) is 0 Å². The monoisotopic (exact) mass is 254 g/mol. The summed E-state index contributed by atoms with van der Waals surface area (Å²) in [7, 11) is 0. The number of hydrogen-bond donors (Lipinski definition) is 2. The highest BCUT2D eigenvalue weighted by Crippen LogP contribution is 2.22. The summed E-state index contributed by atoms with van der Waals surface area (Å²) >= 11 is 1.44.